The molecule has 21 heavy (non-hydrogen) atoms. The van der Waals surface area contributed by atoms with Gasteiger partial charge in [0.15, 0.2) is 11.2 Å². The average molecular weight is 302 g/mol. The van der Waals surface area contributed by atoms with Crippen LogP contribution in [0.1, 0.15) is 5.56 Å². The van der Waals surface area contributed by atoms with E-state index < -0.39 is 0 Å². The third-order valence-corrected chi connectivity index (χ3v) is 3.94. The zero-order valence-electron chi connectivity index (χ0n) is 11.1. The summed E-state index contributed by atoms with van der Waals surface area (Å²) in [6, 6.07) is 7.70. The third-order valence-electron chi connectivity index (χ3n) is 3.68. The number of aromatic amines is 1. The maximum absolute atomic E-state index is 12.3. The predicted octanol–water partition coefficient (Wildman–Crippen LogP) is 1.79. The van der Waals surface area contributed by atoms with Crippen molar-refractivity contribution in [2.24, 2.45) is 0 Å². The number of nitrogens with zero attached hydrogens (tertiary/aromatic N) is 4. The summed E-state index contributed by atoms with van der Waals surface area (Å²) in [5.41, 5.74) is 1.98. The fraction of sp³-hybridized carbons (Fsp3) is 0.214. The van der Waals surface area contributed by atoms with E-state index in [-0.39, 0.29) is 5.56 Å². The number of imidazole rings is 1. The van der Waals surface area contributed by atoms with Crippen LogP contribution in [0.2, 0.25) is 5.02 Å². The minimum atomic E-state index is -0.0881. The van der Waals surface area contributed by atoms with Crippen molar-refractivity contribution in [3.8, 4) is 0 Å². The molecule has 0 fully saturated rings. The fourth-order valence-corrected chi connectivity index (χ4v) is 2.76. The summed E-state index contributed by atoms with van der Waals surface area (Å²) in [5, 5.41) is 0.717. The molecule has 0 radical (unpaired) electrons. The minimum absolute atomic E-state index is 0.0881. The molecule has 0 unspecified atom stereocenters. The maximum Gasteiger partial charge on any atom is 0.283 e. The standard InChI is InChI=1S/C14H12ClN5O/c15-10-3-1-9(2-4-10)7-19-5-6-20-13(21)11-12(17-8-16-11)18-14(19)20/h1-4,8H,5-7H2,(H,16,17). The lowest BCUT2D eigenvalue weighted by molar-refractivity contribution is 0.752. The summed E-state index contributed by atoms with van der Waals surface area (Å²) in [6.45, 7) is 2.10. The zero-order valence-corrected chi connectivity index (χ0v) is 11.8. The van der Waals surface area contributed by atoms with Gasteiger partial charge in [0.1, 0.15) is 0 Å². The topological polar surface area (TPSA) is 66.8 Å². The highest BCUT2D eigenvalue weighted by Gasteiger charge is 2.24. The van der Waals surface area contributed by atoms with Crippen molar-refractivity contribution in [2.75, 3.05) is 11.4 Å². The Kier molecular flexibility index (Phi) is 2.71. The number of nitrogens with one attached hydrogen (secondary N) is 1. The molecule has 0 saturated heterocycles. The summed E-state index contributed by atoms with van der Waals surface area (Å²) in [6.07, 6.45) is 1.50. The lowest BCUT2D eigenvalue weighted by Gasteiger charge is -2.17. The van der Waals surface area contributed by atoms with Gasteiger partial charge in [0.2, 0.25) is 5.95 Å². The van der Waals surface area contributed by atoms with Crippen molar-refractivity contribution in [1.29, 1.82) is 0 Å². The van der Waals surface area contributed by atoms with E-state index in [1.165, 1.54) is 6.33 Å². The van der Waals surface area contributed by atoms with Crippen LogP contribution >= 0.6 is 11.6 Å². The van der Waals surface area contributed by atoms with E-state index in [2.05, 4.69) is 19.9 Å². The van der Waals surface area contributed by atoms with Crippen molar-refractivity contribution in [1.82, 2.24) is 19.5 Å². The Balaban J connectivity index is 1.74. The normalized spacial score (nSPS) is 13.9. The number of rotatable bonds is 2. The first-order valence-electron chi connectivity index (χ1n) is 6.66. The summed E-state index contributed by atoms with van der Waals surface area (Å²) in [5.74, 6) is 0.687. The molecule has 1 N–H and O–H groups in total. The van der Waals surface area contributed by atoms with Crippen LogP contribution in [0.25, 0.3) is 11.2 Å². The fourth-order valence-electron chi connectivity index (χ4n) is 2.63. The molecular formula is C14H12ClN5O. The van der Waals surface area contributed by atoms with Gasteiger partial charge in [0.25, 0.3) is 5.56 Å². The number of H-pyrrole nitrogens is 1. The maximum atomic E-state index is 12.3. The summed E-state index contributed by atoms with van der Waals surface area (Å²) in [7, 11) is 0. The average Bonchev–Trinajstić information content (AvgIpc) is 3.10. The molecule has 3 heterocycles. The second-order valence-electron chi connectivity index (χ2n) is 5.02. The Bertz CT molecular complexity index is 867. The molecule has 7 heteroatoms. The van der Waals surface area contributed by atoms with Crippen molar-refractivity contribution in [3.05, 3.63) is 51.5 Å². The van der Waals surface area contributed by atoms with Crippen LogP contribution in [-0.2, 0) is 13.1 Å². The molecule has 1 aliphatic rings. The minimum Gasteiger partial charge on any atom is -0.336 e. The number of hydrogen-bond donors (Lipinski definition) is 1. The monoisotopic (exact) mass is 301 g/mol. The molecule has 0 aliphatic carbocycles. The third kappa shape index (κ3) is 1.99. The molecule has 0 amide bonds. The Morgan fingerprint density at radius 2 is 2.05 bits per heavy atom. The predicted molar refractivity (Wildman–Crippen MR) is 80.7 cm³/mol. The van der Waals surface area contributed by atoms with Gasteiger partial charge in [-0.3, -0.25) is 9.36 Å². The van der Waals surface area contributed by atoms with Gasteiger partial charge in [-0.2, -0.15) is 4.98 Å². The van der Waals surface area contributed by atoms with E-state index in [1.807, 2.05) is 24.3 Å². The summed E-state index contributed by atoms with van der Waals surface area (Å²) >= 11 is 5.90. The molecule has 0 bridgehead atoms. The lowest BCUT2D eigenvalue weighted by atomic mass is 10.2. The van der Waals surface area contributed by atoms with Gasteiger partial charge < -0.3 is 9.88 Å². The highest BCUT2D eigenvalue weighted by molar-refractivity contribution is 6.30. The van der Waals surface area contributed by atoms with Gasteiger partial charge in [-0.25, -0.2) is 4.98 Å². The molecule has 106 valence electrons. The molecule has 0 saturated carbocycles. The van der Waals surface area contributed by atoms with Gasteiger partial charge in [-0.15, -0.1) is 0 Å². The Labute approximate surface area is 125 Å². The van der Waals surface area contributed by atoms with Crippen LogP contribution in [0.4, 0.5) is 5.95 Å². The molecule has 1 aliphatic heterocycles. The van der Waals surface area contributed by atoms with Crippen LogP contribution < -0.4 is 10.5 Å². The Morgan fingerprint density at radius 3 is 2.86 bits per heavy atom. The second kappa shape index (κ2) is 4.60. The van der Waals surface area contributed by atoms with E-state index in [1.54, 1.807) is 4.57 Å². The highest BCUT2D eigenvalue weighted by Crippen LogP contribution is 2.21. The molecule has 0 atom stereocenters. The SMILES string of the molecule is O=c1c2nc[nH]c2nc2n1CCN2Cc1ccc(Cl)cc1. The van der Waals surface area contributed by atoms with Crippen LogP contribution in [0, 0.1) is 0 Å². The van der Waals surface area contributed by atoms with Crippen LogP contribution in [0.5, 0.6) is 0 Å². The summed E-state index contributed by atoms with van der Waals surface area (Å²) < 4.78 is 1.68. The number of benzene rings is 1. The molecule has 4 rings (SSSR count). The number of fused-ring (bicyclic) bond motifs is 2. The van der Waals surface area contributed by atoms with Crippen LogP contribution in [0.15, 0.2) is 35.4 Å². The van der Waals surface area contributed by atoms with E-state index in [4.69, 9.17) is 11.6 Å². The number of hydrogen-bond acceptors (Lipinski definition) is 4. The second-order valence-corrected chi connectivity index (χ2v) is 5.45. The molecule has 0 spiro atoms. The van der Waals surface area contributed by atoms with Gasteiger partial charge in [0, 0.05) is 24.7 Å². The quantitative estimate of drug-likeness (QED) is 0.784. The van der Waals surface area contributed by atoms with Crippen molar-refractivity contribution in [3.63, 3.8) is 0 Å². The van der Waals surface area contributed by atoms with Crippen molar-refractivity contribution >= 4 is 28.7 Å². The van der Waals surface area contributed by atoms with E-state index in [9.17, 15) is 4.79 Å². The first-order valence-corrected chi connectivity index (χ1v) is 7.03. The van der Waals surface area contributed by atoms with Crippen LogP contribution in [-0.4, -0.2) is 26.1 Å². The number of anilines is 1. The largest absolute Gasteiger partial charge is 0.336 e. The van der Waals surface area contributed by atoms with E-state index in [0.29, 0.717) is 35.2 Å². The van der Waals surface area contributed by atoms with Gasteiger partial charge in [-0.05, 0) is 17.7 Å². The molecule has 2 aromatic heterocycles. The Morgan fingerprint density at radius 1 is 1.24 bits per heavy atom. The lowest BCUT2D eigenvalue weighted by Crippen LogP contribution is -2.22. The zero-order chi connectivity index (χ0) is 14.4. The smallest absolute Gasteiger partial charge is 0.283 e. The molecule has 6 nitrogen and oxygen atoms in total. The van der Waals surface area contributed by atoms with E-state index in [0.717, 1.165) is 12.1 Å². The number of aromatic nitrogens is 4. The van der Waals surface area contributed by atoms with Crippen molar-refractivity contribution < 1.29 is 0 Å². The first-order chi connectivity index (χ1) is 10.2. The molecule has 3 aromatic rings. The van der Waals surface area contributed by atoms with E-state index >= 15 is 0 Å². The first kappa shape index (κ1) is 12.4. The number of halogens is 1. The summed E-state index contributed by atoms with van der Waals surface area (Å²) in [4.78, 5) is 25.9. The highest BCUT2D eigenvalue weighted by atomic mass is 35.5. The van der Waals surface area contributed by atoms with Gasteiger partial charge >= 0.3 is 0 Å². The molecular weight excluding hydrogens is 290 g/mol. The van der Waals surface area contributed by atoms with Gasteiger partial charge in [-0.1, -0.05) is 23.7 Å². The van der Waals surface area contributed by atoms with Gasteiger partial charge in [0.05, 0.1) is 6.33 Å². The van der Waals surface area contributed by atoms with Crippen molar-refractivity contribution in [2.45, 2.75) is 13.1 Å². The Hall–Kier alpha value is -2.34. The van der Waals surface area contributed by atoms with Crippen LogP contribution in [0.3, 0.4) is 0 Å². The molecule has 1 aromatic carbocycles.